The fourth-order valence-corrected chi connectivity index (χ4v) is 3.99. The Labute approximate surface area is 150 Å². The van der Waals surface area contributed by atoms with Crippen LogP contribution in [0.4, 0.5) is 0 Å². The number of carbonyl (C=O) groups is 1. The first-order valence-electron chi connectivity index (χ1n) is 7.31. The van der Waals surface area contributed by atoms with Crippen molar-refractivity contribution in [2.75, 3.05) is 14.1 Å². The molecule has 1 unspecified atom stereocenters. The summed E-state index contributed by atoms with van der Waals surface area (Å²) in [5.41, 5.74) is 1.27. The van der Waals surface area contributed by atoms with Gasteiger partial charge in [-0.15, -0.1) is 0 Å². The Kier molecular flexibility index (Phi) is 5.79. The molecule has 2 aromatic carbocycles. The van der Waals surface area contributed by atoms with E-state index in [2.05, 4.69) is 21.2 Å². The maximum atomic E-state index is 12.5. The van der Waals surface area contributed by atoms with Crippen molar-refractivity contribution in [1.82, 2.24) is 9.62 Å². The molecule has 5 nitrogen and oxygen atoms in total. The molecule has 1 N–H and O–H groups in total. The molecule has 0 bridgehead atoms. The third kappa shape index (κ3) is 4.03. The second kappa shape index (κ2) is 7.46. The number of amides is 1. The van der Waals surface area contributed by atoms with E-state index in [0.717, 1.165) is 9.87 Å². The second-order valence-electron chi connectivity index (χ2n) is 5.54. The minimum absolute atomic E-state index is 0.0625. The molecule has 0 heterocycles. The lowest BCUT2D eigenvalue weighted by Gasteiger charge is -2.16. The lowest BCUT2D eigenvalue weighted by atomic mass is 10.1. The van der Waals surface area contributed by atoms with Crippen LogP contribution in [0.2, 0.25) is 0 Å². The Balaban J connectivity index is 2.28. The number of hydrogen-bond donors (Lipinski definition) is 1. The van der Waals surface area contributed by atoms with Gasteiger partial charge in [0.25, 0.3) is 5.91 Å². The van der Waals surface area contributed by atoms with Crippen LogP contribution in [0.15, 0.2) is 57.9 Å². The largest absolute Gasteiger partial charge is 0.346 e. The Morgan fingerprint density at radius 1 is 1.12 bits per heavy atom. The van der Waals surface area contributed by atoms with Gasteiger partial charge in [0.15, 0.2) is 0 Å². The van der Waals surface area contributed by atoms with E-state index in [9.17, 15) is 13.2 Å². The molecule has 0 saturated carbocycles. The van der Waals surface area contributed by atoms with Crippen LogP contribution >= 0.6 is 15.9 Å². The highest BCUT2D eigenvalue weighted by atomic mass is 79.9. The van der Waals surface area contributed by atoms with Crippen molar-refractivity contribution < 1.29 is 13.2 Å². The zero-order chi connectivity index (χ0) is 17.9. The predicted molar refractivity (Wildman–Crippen MR) is 97.3 cm³/mol. The summed E-state index contributed by atoms with van der Waals surface area (Å²) in [5.74, 6) is -0.325. The van der Waals surface area contributed by atoms with Crippen LogP contribution in [0.25, 0.3) is 0 Å². The summed E-state index contributed by atoms with van der Waals surface area (Å²) in [7, 11) is -0.737. The Morgan fingerprint density at radius 2 is 1.75 bits per heavy atom. The van der Waals surface area contributed by atoms with Crippen molar-refractivity contribution in [3.63, 3.8) is 0 Å². The Bertz CT molecular complexity index is 836. The van der Waals surface area contributed by atoms with Gasteiger partial charge in [-0.3, -0.25) is 4.79 Å². The van der Waals surface area contributed by atoms with E-state index in [0.29, 0.717) is 10.0 Å². The first-order chi connectivity index (χ1) is 11.2. The molecule has 24 heavy (non-hydrogen) atoms. The fraction of sp³-hybridized carbons (Fsp3) is 0.235. The molecule has 0 saturated heterocycles. The standard InChI is InChI=1S/C17H19BrN2O3S/c1-12(13-7-5-4-6-8-13)19-17(21)14-9-10-15(18)16(11-14)24(22,23)20(2)3/h4-12H,1-3H3,(H,19,21). The average molecular weight is 411 g/mol. The van der Waals surface area contributed by atoms with Gasteiger partial charge in [-0.2, -0.15) is 0 Å². The third-order valence-electron chi connectivity index (χ3n) is 3.60. The number of nitrogens with one attached hydrogen (secondary N) is 1. The van der Waals surface area contributed by atoms with Crippen molar-refractivity contribution >= 4 is 31.9 Å². The van der Waals surface area contributed by atoms with Crippen LogP contribution in [-0.2, 0) is 10.0 Å². The summed E-state index contributed by atoms with van der Waals surface area (Å²) >= 11 is 3.23. The SMILES string of the molecule is CC(NC(=O)c1ccc(Br)c(S(=O)(=O)N(C)C)c1)c1ccccc1. The van der Waals surface area contributed by atoms with Crippen molar-refractivity contribution in [3.05, 3.63) is 64.1 Å². The van der Waals surface area contributed by atoms with E-state index in [1.807, 2.05) is 37.3 Å². The number of carbonyl (C=O) groups excluding carboxylic acids is 1. The highest BCUT2D eigenvalue weighted by molar-refractivity contribution is 9.10. The van der Waals surface area contributed by atoms with E-state index >= 15 is 0 Å². The first kappa shape index (κ1) is 18.6. The number of benzene rings is 2. The molecule has 0 aliphatic carbocycles. The van der Waals surface area contributed by atoms with Gasteiger partial charge in [-0.1, -0.05) is 30.3 Å². The molecular formula is C17H19BrN2O3S. The third-order valence-corrected chi connectivity index (χ3v) is 6.41. The van der Waals surface area contributed by atoms with Crippen molar-refractivity contribution in [2.24, 2.45) is 0 Å². The average Bonchev–Trinajstić information content (AvgIpc) is 2.55. The topological polar surface area (TPSA) is 66.5 Å². The van der Waals surface area contributed by atoms with Crippen molar-refractivity contribution in [3.8, 4) is 0 Å². The highest BCUT2D eigenvalue weighted by Crippen LogP contribution is 2.25. The second-order valence-corrected chi connectivity index (χ2v) is 8.51. The van der Waals surface area contributed by atoms with Gasteiger partial charge in [0, 0.05) is 24.1 Å². The Hall–Kier alpha value is -1.70. The molecule has 128 valence electrons. The molecular weight excluding hydrogens is 392 g/mol. The van der Waals surface area contributed by atoms with E-state index in [-0.39, 0.29) is 16.8 Å². The number of halogens is 1. The number of rotatable bonds is 5. The molecule has 1 atom stereocenters. The van der Waals surface area contributed by atoms with Gasteiger partial charge in [-0.05, 0) is 46.6 Å². The maximum Gasteiger partial charge on any atom is 0.251 e. The number of nitrogens with zero attached hydrogens (tertiary/aromatic N) is 1. The van der Waals surface area contributed by atoms with Gasteiger partial charge in [0.1, 0.15) is 0 Å². The molecule has 0 aromatic heterocycles. The summed E-state index contributed by atoms with van der Waals surface area (Å²) < 4.78 is 26.2. The lowest BCUT2D eigenvalue weighted by Crippen LogP contribution is -2.27. The van der Waals surface area contributed by atoms with Gasteiger partial charge >= 0.3 is 0 Å². The monoisotopic (exact) mass is 410 g/mol. The van der Waals surface area contributed by atoms with Crippen LogP contribution in [0.3, 0.4) is 0 Å². The van der Waals surface area contributed by atoms with E-state index in [1.165, 1.54) is 20.2 Å². The fourth-order valence-electron chi connectivity index (χ4n) is 2.14. The summed E-state index contributed by atoms with van der Waals surface area (Å²) in [6, 6.07) is 13.9. The molecule has 2 aromatic rings. The van der Waals surface area contributed by atoms with Crippen LogP contribution in [-0.4, -0.2) is 32.7 Å². The van der Waals surface area contributed by atoms with Crippen LogP contribution in [0, 0.1) is 0 Å². The molecule has 0 aliphatic heterocycles. The predicted octanol–water partition coefficient (Wildman–Crippen LogP) is 3.19. The van der Waals surface area contributed by atoms with Gasteiger partial charge in [0.05, 0.1) is 10.9 Å². The highest BCUT2D eigenvalue weighted by Gasteiger charge is 2.22. The smallest absolute Gasteiger partial charge is 0.251 e. The maximum absolute atomic E-state index is 12.5. The van der Waals surface area contributed by atoms with Crippen molar-refractivity contribution in [1.29, 1.82) is 0 Å². The van der Waals surface area contributed by atoms with Crippen LogP contribution < -0.4 is 5.32 Å². The van der Waals surface area contributed by atoms with Gasteiger partial charge in [0.2, 0.25) is 10.0 Å². The van der Waals surface area contributed by atoms with E-state index < -0.39 is 10.0 Å². The number of hydrogen-bond acceptors (Lipinski definition) is 3. The molecule has 0 radical (unpaired) electrons. The first-order valence-corrected chi connectivity index (χ1v) is 9.54. The molecule has 0 aliphatic rings. The van der Waals surface area contributed by atoms with Gasteiger partial charge in [-0.25, -0.2) is 12.7 Å². The van der Waals surface area contributed by atoms with E-state index in [1.54, 1.807) is 12.1 Å². The molecule has 0 spiro atoms. The van der Waals surface area contributed by atoms with Crippen molar-refractivity contribution in [2.45, 2.75) is 17.9 Å². The summed E-state index contributed by atoms with van der Waals surface area (Å²) in [5, 5.41) is 2.88. The molecule has 0 fully saturated rings. The minimum atomic E-state index is -3.64. The lowest BCUT2D eigenvalue weighted by molar-refractivity contribution is 0.0939. The Morgan fingerprint density at radius 3 is 2.33 bits per heavy atom. The summed E-state index contributed by atoms with van der Waals surface area (Å²) in [6.07, 6.45) is 0. The minimum Gasteiger partial charge on any atom is -0.346 e. The zero-order valence-corrected chi connectivity index (χ0v) is 16.1. The summed E-state index contributed by atoms with van der Waals surface area (Å²) in [6.45, 7) is 1.88. The van der Waals surface area contributed by atoms with Gasteiger partial charge < -0.3 is 5.32 Å². The molecule has 1 amide bonds. The van der Waals surface area contributed by atoms with Crippen LogP contribution in [0.1, 0.15) is 28.9 Å². The normalized spacial score (nSPS) is 12.9. The van der Waals surface area contributed by atoms with E-state index in [4.69, 9.17) is 0 Å². The van der Waals surface area contributed by atoms with Crippen LogP contribution in [0.5, 0.6) is 0 Å². The summed E-state index contributed by atoms with van der Waals surface area (Å²) in [4.78, 5) is 12.5. The zero-order valence-electron chi connectivity index (χ0n) is 13.7. The molecule has 7 heteroatoms. The number of sulfonamides is 1. The quantitative estimate of drug-likeness (QED) is 0.822. The molecule has 2 rings (SSSR count).